The summed E-state index contributed by atoms with van der Waals surface area (Å²) in [6.07, 6.45) is 3.47. The highest BCUT2D eigenvalue weighted by atomic mass is 32.2. The van der Waals surface area contributed by atoms with Crippen LogP contribution in [0.2, 0.25) is 0 Å². The van der Waals surface area contributed by atoms with E-state index in [1.165, 1.54) is 0 Å². The molecule has 3 nitrogen and oxygen atoms in total. The SMILES string of the molecule is CC(C)c1nc([S+](C)[O-])cn1C. The first-order valence-electron chi connectivity index (χ1n) is 3.89. The molecule has 0 aromatic carbocycles. The molecule has 0 bridgehead atoms. The Morgan fingerprint density at radius 3 is 2.42 bits per heavy atom. The van der Waals surface area contributed by atoms with Gasteiger partial charge >= 0.3 is 0 Å². The lowest BCUT2D eigenvalue weighted by Crippen LogP contribution is -1.99. The van der Waals surface area contributed by atoms with Gasteiger partial charge in [-0.05, 0) is 0 Å². The number of imidazole rings is 1. The van der Waals surface area contributed by atoms with Gasteiger partial charge < -0.3 is 9.12 Å². The molecule has 0 aliphatic heterocycles. The van der Waals surface area contributed by atoms with Crippen LogP contribution >= 0.6 is 0 Å². The van der Waals surface area contributed by atoms with Crippen molar-refractivity contribution in [2.75, 3.05) is 6.26 Å². The molecule has 0 radical (unpaired) electrons. The molecule has 1 atom stereocenters. The lowest BCUT2D eigenvalue weighted by atomic mass is 10.2. The quantitative estimate of drug-likeness (QED) is 0.653. The molecule has 0 saturated heterocycles. The van der Waals surface area contributed by atoms with Crippen molar-refractivity contribution in [3.8, 4) is 0 Å². The Labute approximate surface area is 76.0 Å². The molecule has 0 saturated carbocycles. The third kappa shape index (κ3) is 1.81. The fourth-order valence-corrected chi connectivity index (χ4v) is 1.66. The zero-order valence-corrected chi connectivity index (χ0v) is 8.68. The Bertz CT molecular complexity index is 268. The first kappa shape index (κ1) is 9.61. The smallest absolute Gasteiger partial charge is 0.262 e. The molecule has 0 aliphatic rings. The average molecular weight is 186 g/mol. The van der Waals surface area contributed by atoms with Crippen molar-refractivity contribution in [1.82, 2.24) is 9.55 Å². The highest BCUT2D eigenvalue weighted by molar-refractivity contribution is 7.90. The van der Waals surface area contributed by atoms with Gasteiger partial charge in [0.05, 0.1) is 6.20 Å². The van der Waals surface area contributed by atoms with E-state index >= 15 is 0 Å². The third-order valence-corrected chi connectivity index (χ3v) is 2.49. The van der Waals surface area contributed by atoms with Crippen LogP contribution < -0.4 is 0 Å². The molecule has 1 aromatic heterocycles. The Kier molecular flexibility index (Phi) is 2.80. The number of aryl methyl sites for hydroxylation is 1. The molecule has 1 rings (SSSR count). The van der Waals surface area contributed by atoms with Gasteiger partial charge in [0.2, 0.25) is 0 Å². The predicted molar refractivity (Wildman–Crippen MR) is 49.6 cm³/mol. The molecular formula is C8H14N2OS. The zero-order valence-electron chi connectivity index (χ0n) is 7.87. The second-order valence-corrected chi connectivity index (χ2v) is 4.48. The lowest BCUT2D eigenvalue weighted by Gasteiger charge is -2.02. The minimum Gasteiger partial charge on any atom is -0.610 e. The Balaban J connectivity index is 3.00. The van der Waals surface area contributed by atoms with Gasteiger partial charge in [-0.15, -0.1) is 0 Å². The number of aromatic nitrogens is 2. The second kappa shape index (κ2) is 3.49. The lowest BCUT2D eigenvalue weighted by molar-refractivity contribution is 0.597. The molecule has 68 valence electrons. The molecular weight excluding hydrogens is 172 g/mol. The molecule has 1 aromatic rings. The van der Waals surface area contributed by atoms with Gasteiger partial charge in [-0.3, -0.25) is 0 Å². The number of nitrogens with zero attached hydrogens (tertiary/aromatic N) is 2. The van der Waals surface area contributed by atoms with Crippen molar-refractivity contribution in [3.63, 3.8) is 0 Å². The van der Waals surface area contributed by atoms with Crippen LogP contribution in [-0.2, 0) is 18.2 Å². The van der Waals surface area contributed by atoms with Gasteiger partial charge in [0.15, 0.2) is 0 Å². The molecule has 0 fully saturated rings. The van der Waals surface area contributed by atoms with Gasteiger partial charge in [0.1, 0.15) is 12.1 Å². The molecule has 1 heterocycles. The van der Waals surface area contributed by atoms with Crippen molar-refractivity contribution < 1.29 is 4.55 Å². The van der Waals surface area contributed by atoms with E-state index in [0.29, 0.717) is 10.9 Å². The summed E-state index contributed by atoms with van der Waals surface area (Å²) in [7, 11) is 1.93. The number of rotatable bonds is 2. The summed E-state index contributed by atoms with van der Waals surface area (Å²) in [4.78, 5) is 4.27. The molecule has 0 amide bonds. The minimum atomic E-state index is -0.967. The first-order chi connectivity index (χ1) is 5.52. The molecule has 0 aliphatic carbocycles. The Morgan fingerprint density at radius 2 is 2.17 bits per heavy atom. The maximum Gasteiger partial charge on any atom is 0.262 e. The van der Waals surface area contributed by atoms with Gasteiger partial charge in [-0.1, -0.05) is 13.8 Å². The van der Waals surface area contributed by atoms with E-state index in [-0.39, 0.29) is 0 Å². The standard InChI is InChI=1S/C8H14N2OS/c1-6(2)8-9-7(12(4)11)5-10(8)3/h5-6H,1-4H3. The third-order valence-electron chi connectivity index (χ3n) is 1.70. The van der Waals surface area contributed by atoms with Crippen LogP contribution in [0.5, 0.6) is 0 Å². The van der Waals surface area contributed by atoms with Crippen LogP contribution in [-0.4, -0.2) is 20.4 Å². The second-order valence-electron chi connectivity index (χ2n) is 3.16. The maximum atomic E-state index is 11.1. The van der Waals surface area contributed by atoms with Crippen LogP contribution in [0.15, 0.2) is 11.2 Å². The van der Waals surface area contributed by atoms with Crippen LogP contribution in [0.4, 0.5) is 0 Å². The Hall–Kier alpha value is -0.480. The van der Waals surface area contributed by atoms with Crippen molar-refractivity contribution in [2.45, 2.75) is 24.8 Å². The predicted octanol–water partition coefficient (Wildman–Crippen LogP) is 1.28. The topological polar surface area (TPSA) is 40.9 Å². The van der Waals surface area contributed by atoms with E-state index in [9.17, 15) is 4.55 Å². The van der Waals surface area contributed by atoms with Gasteiger partial charge in [0, 0.05) is 24.1 Å². The first-order valence-corrected chi connectivity index (χ1v) is 5.45. The highest BCUT2D eigenvalue weighted by Crippen LogP contribution is 2.15. The molecule has 0 spiro atoms. The maximum absolute atomic E-state index is 11.1. The van der Waals surface area contributed by atoms with Crippen molar-refractivity contribution >= 4 is 11.2 Å². The van der Waals surface area contributed by atoms with Crippen LogP contribution in [0, 0.1) is 0 Å². The van der Waals surface area contributed by atoms with E-state index in [1.54, 1.807) is 6.26 Å². The normalized spacial score (nSPS) is 13.8. The fourth-order valence-electron chi connectivity index (χ4n) is 1.13. The zero-order chi connectivity index (χ0) is 9.30. The monoisotopic (exact) mass is 186 g/mol. The summed E-state index contributed by atoms with van der Waals surface area (Å²) >= 11 is -0.967. The largest absolute Gasteiger partial charge is 0.610 e. The number of hydrogen-bond donors (Lipinski definition) is 0. The summed E-state index contributed by atoms with van der Waals surface area (Å²) in [5.41, 5.74) is 0. The van der Waals surface area contributed by atoms with Gasteiger partial charge in [-0.2, -0.15) is 4.98 Å². The van der Waals surface area contributed by atoms with Gasteiger partial charge in [0.25, 0.3) is 5.03 Å². The summed E-state index contributed by atoms with van der Waals surface area (Å²) in [5, 5.41) is 0.668. The van der Waals surface area contributed by atoms with Gasteiger partial charge in [-0.25, -0.2) is 0 Å². The highest BCUT2D eigenvalue weighted by Gasteiger charge is 2.14. The molecule has 0 N–H and O–H groups in total. The molecule has 4 heteroatoms. The van der Waals surface area contributed by atoms with Crippen LogP contribution in [0.25, 0.3) is 0 Å². The average Bonchev–Trinajstić information content (AvgIpc) is 2.30. The fraction of sp³-hybridized carbons (Fsp3) is 0.625. The van der Waals surface area contributed by atoms with Crippen molar-refractivity contribution in [3.05, 3.63) is 12.0 Å². The van der Waals surface area contributed by atoms with E-state index in [2.05, 4.69) is 18.8 Å². The summed E-state index contributed by atoms with van der Waals surface area (Å²) in [5.74, 6) is 1.37. The van der Waals surface area contributed by atoms with E-state index in [1.807, 2.05) is 17.8 Å². The summed E-state index contributed by atoms with van der Waals surface area (Å²) in [6, 6.07) is 0. The van der Waals surface area contributed by atoms with E-state index < -0.39 is 11.2 Å². The molecule has 12 heavy (non-hydrogen) atoms. The summed E-state index contributed by atoms with van der Waals surface area (Å²) in [6.45, 7) is 4.15. The van der Waals surface area contributed by atoms with Crippen LogP contribution in [0.1, 0.15) is 25.6 Å². The van der Waals surface area contributed by atoms with Crippen molar-refractivity contribution in [1.29, 1.82) is 0 Å². The van der Waals surface area contributed by atoms with Crippen LogP contribution in [0.3, 0.4) is 0 Å². The van der Waals surface area contributed by atoms with E-state index in [0.717, 1.165) is 5.82 Å². The Morgan fingerprint density at radius 1 is 1.58 bits per heavy atom. The minimum absolute atomic E-state index is 0.382. The summed E-state index contributed by atoms with van der Waals surface area (Å²) < 4.78 is 13.0. The number of hydrogen-bond acceptors (Lipinski definition) is 2. The van der Waals surface area contributed by atoms with E-state index in [4.69, 9.17) is 0 Å². The molecule has 1 unspecified atom stereocenters. The van der Waals surface area contributed by atoms with Crippen molar-refractivity contribution in [2.24, 2.45) is 7.05 Å².